The van der Waals surface area contributed by atoms with Crippen LogP contribution in [0.5, 0.6) is 11.5 Å². The van der Waals surface area contributed by atoms with Crippen molar-refractivity contribution < 1.29 is 24.1 Å². The van der Waals surface area contributed by atoms with E-state index in [9.17, 15) is 4.79 Å². The number of ether oxygens (including phenoxy) is 3. The number of methoxy groups -OCH3 is 2. The zero-order valence-corrected chi connectivity index (χ0v) is 11.3. The molecule has 1 unspecified atom stereocenters. The van der Waals surface area contributed by atoms with Crippen LogP contribution < -0.4 is 14.8 Å². The average molecular weight is 269 g/mol. The molecule has 0 saturated carbocycles. The second-order valence-electron chi connectivity index (χ2n) is 3.82. The van der Waals surface area contributed by atoms with Crippen LogP contribution in [-0.4, -0.2) is 45.0 Å². The molecule has 0 aliphatic carbocycles. The average Bonchev–Trinajstić information content (AvgIpc) is 2.47. The van der Waals surface area contributed by atoms with Gasteiger partial charge in [0.15, 0.2) is 11.5 Å². The van der Waals surface area contributed by atoms with E-state index in [1.54, 1.807) is 25.2 Å². The lowest BCUT2D eigenvalue weighted by Crippen LogP contribution is -2.40. The molecule has 6 nitrogen and oxygen atoms in total. The summed E-state index contributed by atoms with van der Waals surface area (Å²) < 4.78 is 15.3. The van der Waals surface area contributed by atoms with E-state index < -0.39 is 12.0 Å². The van der Waals surface area contributed by atoms with Crippen LogP contribution >= 0.6 is 0 Å². The molecule has 0 heterocycles. The molecular formula is C13H19NO5. The normalized spacial score (nSPS) is 11.8. The van der Waals surface area contributed by atoms with Gasteiger partial charge in [-0.25, -0.2) is 0 Å². The van der Waals surface area contributed by atoms with Gasteiger partial charge >= 0.3 is 5.97 Å². The maximum atomic E-state index is 11.4. The Morgan fingerprint density at radius 1 is 1.37 bits per heavy atom. The summed E-state index contributed by atoms with van der Waals surface area (Å²) in [6.45, 7) is 0.0515. The molecule has 106 valence electrons. The van der Waals surface area contributed by atoms with Gasteiger partial charge in [-0.1, -0.05) is 6.07 Å². The molecular weight excluding hydrogens is 250 g/mol. The summed E-state index contributed by atoms with van der Waals surface area (Å²) in [5.41, 5.74) is 0.724. The maximum absolute atomic E-state index is 11.4. The SMILES string of the molecule is CNC(COc1ccc(CO)cc1OC)C(=O)OC. The molecule has 6 heteroatoms. The molecule has 0 spiro atoms. The first-order valence-corrected chi connectivity index (χ1v) is 5.82. The number of carbonyl (C=O) groups is 1. The van der Waals surface area contributed by atoms with E-state index in [4.69, 9.17) is 14.6 Å². The fourth-order valence-electron chi connectivity index (χ4n) is 1.51. The van der Waals surface area contributed by atoms with E-state index >= 15 is 0 Å². The largest absolute Gasteiger partial charge is 0.493 e. The van der Waals surface area contributed by atoms with Crippen LogP contribution in [-0.2, 0) is 16.1 Å². The molecule has 0 bridgehead atoms. The minimum Gasteiger partial charge on any atom is -0.493 e. The van der Waals surface area contributed by atoms with Gasteiger partial charge in [0.05, 0.1) is 20.8 Å². The van der Waals surface area contributed by atoms with Crippen LogP contribution in [0.3, 0.4) is 0 Å². The number of benzene rings is 1. The summed E-state index contributed by atoms with van der Waals surface area (Å²) in [5, 5.41) is 11.8. The van der Waals surface area contributed by atoms with Gasteiger partial charge in [-0.3, -0.25) is 4.79 Å². The lowest BCUT2D eigenvalue weighted by atomic mass is 10.2. The highest BCUT2D eigenvalue weighted by Crippen LogP contribution is 2.28. The van der Waals surface area contributed by atoms with Crippen LogP contribution in [0.4, 0.5) is 0 Å². The Labute approximate surface area is 112 Å². The summed E-state index contributed by atoms with van der Waals surface area (Å²) in [5.74, 6) is 0.614. The summed E-state index contributed by atoms with van der Waals surface area (Å²) in [6.07, 6.45) is 0. The highest BCUT2D eigenvalue weighted by Gasteiger charge is 2.18. The highest BCUT2D eigenvalue weighted by molar-refractivity contribution is 5.75. The molecule has 0 aromatic heterocycles. The van der Waals surface area contributed by atoms with Crippen LogP contribution in [0.1, 0.15) is 5.56 Å². The second kappa shape index (κ2) is 7.60. The Hall–Kier alpha value is -1.79. The predicted octanol–water partition coefficient (Wildman–Crippen LogP) is 0.327. The third kappa shape index (κ3) is 4.11. The third-order valence-electron chi connectivity index (χ3n) is 2.65. The number of esters is 1. The van der Waals surface area contributed by atoms with Crippen molar-refractivity contribution in [3.63, 3.8) is 0 Å². The summed E-state index contributed by atoms with van der Waals surface area (Å²) in [6, 6.07) is 4.55. The molecule has 1 atom stereocenters. The number of hydrogen-bond acceptors (Lipinski definition) is 6. The Kier molecular flexibility index (Phi) is 6.11. The minimum atomic E-state index is -0.549. The van der Waals surface area contributed by atoms with E-state index in [0.717, 1.165) is 5.56 Å². The van der Waals surface area contributed by atoms with Crippen molar-refractivity contribution in [2.24, 2.45) is 0 Å². The van der Waals surface area contributed by atoms with Crippen LogP contribution in [0, 0.1) is 0 Å². The summed E-state index contributed by atoms with van der Waals surface area (Å²) >= 11 is 0. The number of hydrogen-bond donors (Lipinski definition) is 2. The quantitative estimate of drug-likeness (QED) is 0.695. The molecule has 0 saturated heterocycles. The van der Waals surface area contributed by atoms with Crippen molar-refractivity contribution in [1.82, 2.24) is 5.32 Å². The molecule has 1 aromatic rings. The first-order chi connectivity index (χ1) is 9.15. The topological polar surface area (TPSA) is 77.0 Å². The van der Waals surface area contributed by atoms with Crippen molar-refractivity contribution in [1.29, 1.82) is 0 Å². The molecule has 0 aliphatic heterocycles. The maximum Gasteiger partial charge on any atom is 0.326 e. The molecule has 2 N–H and O–H groups in total. The zero-order valence-electron chi connectivity index (χ0n) is 11.3. The van der Waals surface area contributed by atoms with Crippen molar-refractivity contribution in [3.05, 3.63) is 23.8 Å². The number of aliphatic hydroxyl groups excluding tert-OH is 1. The number of carbonyl (C=O) groups excluding carboxylic acids is 1. The Morgan fingerprint density at radius 3 is 2.63 bits per heavy atom. The highest BCUT2D eigenvalue weighted by atomic mass is 16.5. The van der Waals surface area contributed by atoms with E-state index in [-0.39, 0.29) is 13.2 Å². The van der Waals surface area contributed by atoms with Gasteiger partial charge in [0.1, 0.15) is 12.6 Å². The van der Waals surface area contributed by atoms with Crippen LogP contribution in [0.15, 0.2) is 18.2 Å². The molecule has 1 rings (SSSR count). The smallest absolute Gasteiger partial charge is 0.326 e. The first kappa shape index (κ1) is 15.3. The van der Waals surface area contributed by atoms with Gasteiger partial charge in [-0.05, 0) is 24.7 Å². The fraction of sp³-hybridized carbons (Fsp3) is 0.462. The minimum absolute atomic E-state index is 0.0715. The first-order valence-electron chi connectivity index (χ1n) is 5.82. The standard InChI is InChI=1S/C13H19NO5/c1-14-10(13(16)18-3)8-19-11-5-4-9(7-15)6-12(11)17-2/h4-6,10,14-15H,7-8H2,1-3H3. The molecule has 1 aromatic carbocycles. The zero-order chi connectivity index (χ0) is 14.3. The van der Waals surface area contributed by atoms with Gasteiger partial charge in [0.25, 0.3) is 0 Å². The molecule has 0 amide bonds. The number of nitrogens with one attached hydrogen (secondary N) is 1. The van der Waals surface area contributed by atoms with Gasteiger partial charge < -0.3 is 24.6 Å². The predicted molar refractivity (Wildman–Crippen MR) is 69.3 cm³/mol. The summed E-state index contributed by atoms with van der Waals surface area (Å²) in [7, 11) is 4.49. The van der Waals surface area contributed by atoms with Crippen molar-refractivity contribution >= 4 is 5.97 Å². The fourth-order valence-corrected chi connectivity index (χ4v) is 1.51. The van der Waals surface area contributed by atoms with Crippen molar-refractivity contribution in [2.45, 2.75) is 12.6 Å². The summed E-state index contributed by atoms with van der Waals surface area (Å²) in [4.78, 5) is 11.4. The monoisotopic (exact) mass is 269 g/mol. The lowest BCUT2D eigenvalue weighted by Gasteiger charge is -2.16. The Morgan fingerprint density at radius 2 is 2.11 bits per heavy atom. The molecule has 0 aliphatic rings. The molecule has 19 heavy (non-hydrogen) atoms. The Bertz CT molecular complexity index is 421. The third-order valence-corrected chi connectivity index (χ3v) is 2.65. The van der Waals surface area contributed by atoms with Gasteiger partial charge in [-0.2, -0.15) is 0 Å². The second-order valence-corrected chi connectivity index (χ2v) is 3.82. The van der Waals surface area contributed by atoms with Crippen molar-refractivity contribution in [2.75, 3.05) is 27.9 Å². The van der Waals surface area contributed by atoms with E-state index in [2.05, 4.69) is 10.1 Å². The van der Waals surface area contributed by atoms with Gasteiger partial charge in [0, 0.05) is 0 Å². The molecule has 0 fully saturated rings. The van der Waals surface area contributed by atoms with Crippen LogP contribution in [0.25, 0.3) is 0 Å². The van der Waals surface area contributed by atoms with E-state index in [1.165, 1.54) is 14.2 Å². The lowest BCUT2D eigenvalue weighted by molar-refractivity contribution is -0.143. The number of rotatable bonds is 7. The number of likely N-dealkylation sites (N-methyl/N-ethyl adjacent to an activating group) is 1. The number of aliphatic hydroxyl groups is 1. The van der Waals surface area contributed by atoms with Gasteiger partial charge in [0.2, 0.25) is 0 Å². The van der Waals surface area contributed by atoms with Crippen molar-refractivity contribution in [3.8, 4) is 11.5 Å². The Balaban J connectivity index is 2.73. The molecule has 0 radical (unpaired) electrons. The van der Waals surface area contributed by atoms with E-state index in [1.807, 2.05) is 0 Å². The van der Waals surface area contributed by atoms with E-state index in [0.29, 0.717) is 11.5 Å². The van der Waals surface area contributed by atoms with Gasteiger partial charge in [-0.15, -0.1) is 0 Å². The van der Waals surface area contributed by atoms with Crippen LogP contribution in [0.2, 0.25) is 0 Å².